The van der Waals surface area contributed by atoms with Crippen molar-refractivity contribution in [3.05, 3.63) is 33.6 Å². The van der Waals surface area contributed by atoms with Crippen LogP contribution in [0.25, 0.3) is 0 Å². The lowest BCUT2D eigenvalue weighted by atomic mass is 9.88. The van der Waals surface area contributed by atoms with Gasteiger partial charge in [0.2, 0.25) is 5.89 Å². The van der Waals surface area contributed by atoms with E-state index in [1.54, 1.807) is 0 Å². The Morgan fingerprint density at radius 3 is 3.33 bits per heavy atom. The van der Waals surface area contributed by atoms with Crippen LogP contribution in [-0.4, -0.2) is 10.1 Å². The Hall–Kier alpha value is -0.870. The molecule has 0 aromatic carbocycles. The van der Waals surface area contributed by atoms with Crippen LogP contribution in [0.4, 0.5) is 0 Å². The first kappa shape index (κ1) is 12.2. The number of hydrogen-bond donors (Lipinski definition) is 0. The molecule has 2 unspecified atom stereocenters. The van der Waals surface area contributed by atoms with Crippen molar-refractivity contribution >= 4 is 22.9 Å². The standard InChI is InChI=1S/C13H15ClN2OS/c1-2-10(14)12-15-13(17-16-12)9-4-3-5-11-8(9)6-7-18-11/h6-7,9-10H,2-5H2,1H3. The number of fused-ring (bicyclic) bond motifs is 1. The van der Waals surface area contributed by atoms with Crippen LogP contribution in [0.3, 0.4) is 0 Å². The van der Waals surface area contributed by atoms with Crippen LogP contribution in [0.15, 0.2) is 16.0 Å². The number of rotatable bonds is 3. The molecule has 3 rings (SSSR count). The summed E-state index contributed by atoms with van der Waals surface area (Å²) in [6.07, 6.45) is 4.27. The maximum atomic E-state index is 6.14. The zero-order valence-electron chi connectivity index (χ0n) is 10.2. The Morgan fingerprint density at radius 2 is 2.50 bits per heavy atom. The Bertz CT molecular complexity index is 537. The summed E-state index contributed by atoms with van der Waals surface area (Å²) in [6, 6.07) is 2.19. The minimum absolute atomic E-state index is 0.145. The van der Waals surface area contributed by atoms with Gasteiger partial charge in [0.1, 0.15) is 0 Å². The van der Waals surface area contributed by atoms with Crippen LogP contribution >= 0.6 is 22.9 Å². The van der Waals surface area contributed by atoms with E-state index in [1.165, 1.54) is 23.3 Å². The van der Waals surface area contributed by atoms with Gasteiger partial charge in [0.15, 0.2) is 5.82 Å². The fraction of sp³-hybridized carbons (Fsp3) is 0.538. The largest absolute Gasteiger partial charge is 0.339 e. The van der Waals surface area contributed by atoms with Crippen LogP contribution < -0.4 is 0 Å². The third kappa shape index (κ3) is 2.08. The molecule has 0 radical (unpaired) electrons. The molecule has 0 saturated carbocycles. The summed E-state index contributed by atoms with van der Waals surface area (Å²) in [5.74, 6) is 1.61. The van der Waals surface area contributed by atoms with E-state index in [4.69, 9.17) is 16.1 Å². The molecule has 2 aromatic rings. The van der Waals surface area contributed by atoms with Crippen molar-refractivity contribution in [1.29, 1.82) is 0 Å². The summed E-state index contributed by atoms with van der Waals surface area (Å²) in [6.45, 7) is 2.02. The van der Waals surface area contributed by atoms with E-state index >= 15 is 0 Å². The van der Waals surface area contributed by atoms with Gasteiger partial charge in [0.05, 0.1) is 11.3 Å². The minimum Gasteiger partial charge on any atom is -0.339 e. The fourth-order valence-corrected chi connectivity index (χ4v) is 3.52. The van der Waals surface area contributed by atoms with Crippen molar-refractivity contribution in [3.8, 4) is 0 Å². The Balaban J connectivity index is 1.90. The summed E-state index contributed by atoms with van der Waals surface area (Å²) < 4.78 is 5.41. The predicted octanol–water partition coefficient (Wildman–Crippen LogP) is 4.29. The topological polar surface area (TPSA) is 38.9 Å². The number of thiophene rings is 1. The molecule has 0 bridgehead atoms. The molecule has 0 spiro atoms. The lowest BCUT2D eigenvalue weighted by Crippen LogP contribution is -2.09. The summed E-state index contributed by atoms with van der Waals surface area (Å²) >= 11 is 7.96. The average Bonchev–Trinajstić information content (AvgIpc) is 3.05. The van der Waals surface area contributed by atoms with Crippen LogP contribution in [0.2, 0.25) is 0 Å². The van der Waals surface area contributed by atoms with Crippen molar-refractivity contribution in [2.45, 2.75) is 43.9 Å². The van der Waals surface area contributed by atoms with E-state index in [-0.39, 0.29) is 11.3 Å². The first-order valence-electron chi connectivity index (χ1n) is 6.33. The van der Waals surface area contributed by atoms with Gasteiger partial charge in [0, 0.05) is 4.88 Å². The molecule has 3 nitrogen and oxygen atoms in total. The average molecular weight is 283 g/mol. The SMILES string of the molecule is CCC(Cl)c1noc(C2CCCc3sccc32)n1. The minimum atomic E-state index is -0.145. The molecular formula is C13H15ClN2OS. The van der Waals surface area contributed by atoms with E-state index in [2.05, 4.69) is 21.6 Å². The number of aryl methyl sites for hydroxylation is 1. The van der Waals surface area contributed by atoms with Crippen molar-refractivity contribution in [2.24, 2.45) is 0 Å². The van der Waals surface area contributed by atoms with Crippen molar-refractivity contribution in [3.63, 3.8) is 0 Å². The zero-order valence-corrected chi connectivity index (χ0v) is 11.8. The van der Waals surface area contributed by atoms with Crippen molar-refractivity contribution in [2.75, 3.05) is 0 Å². The van der Waals surface area contributed by atoms with Gasteiger partial charge in [-0.25, -0.2) is 0 Å². The molecule has 96 valence electrons. The molecule has 2 heterocycles. The van der Waals surface area contributed by atoms with Gasteiger partial charge in [0.25, 0.3) is 0 Å². The van der Waals surface area contributed by atoms with Crippen LogP contribution in [-0.2, 0) is 6.42 Å². The van der Waals surface area contributed by atoms with Crippen molar-refractivity contribution < 1.29 is 4.52 Å². The maximum absolute atomic E-state index is 6.14. The van der Waals surface area contributed by atoms with E-state index in [9.17, 15) is 0 Å². The number of aromatic nitrogens is 2. The molecule has 0 aliphatic heterocycles. The fourth-order valence-electron chi connectivity index (χ4n) is 2.44. The van der Waals surface area contributed by atoms with Gasteiger partial charge >= 0.3 is 0 Å². The normalized spacial score (nSPS) is 20.7. The van der Waals surface area contributed by atoms with Crippen LogP contribution in [0.5, 0.6) is 0 Å². The van der Waals surface area contributed by atoms with Gasteiger partial charge in [-0.3, -0.25) is 0 Å². The summed E-state index contributed by atoms with van der Waals surface area (Å²) in [7, 11) is 0. The molecule has 0 saturated heterocycles. The van der Waals surface area contributed by atoms with E-state index < -0.39 is 0 Å². The van der Waals surface area contributed by atoms with E-state index in [1.807, 2.05) is 18.3 Å². The number of alkyl halides is 1. The smallest absolute Gasteiger partial charge is 0.234 e. The monoisotopic (exact) mass is 282 g/mol. The highest BCUT2D eigenvalue weighted by Crippen LogP contribution is 2.38. The highest BCUT2D eigenvalue weighted by atomic mass is 35.5. The lowest BCUT2D eigenvalue weighted by molar-refractivity contribution is 0.350. The van der Waals surface area contributed by atoms with Gasteiger partial charge in [-0.2, -0.15) is 4.98 Å². The molecule has 2 atom stereocenters. The molecule has 0 fully saturated rings. The first-order valence-corrected chi connectivity index (χ1v) is 7.65. The number of nitrogens with zero attached hydrogens (tertiary/aromatic N) is 2. The number of hydrogen-bond acceptors (Lipinski definition) is 4. The van der Waals surface area contributed by atoms with Gasteiger partial charge in [-0.05, 0) is 42.7 Å². The van der Waals surface area contributed by atoms with Gasteiger partial charge < -0.3 is 4.52 Å². The quantitative estimate of drug-likeness (QED) is 0.788. The van der Waals surface area contributed by atoms with Crippen LogP contribution in [0.1, 0.15) is 59.6 Å². The first-order chi connectivity index (χ1) is 8.79. The van der Waals surface area contributed by atoms with Crippen molar-refractivity contribution in [1.82, 2.24) is 10.1 Å². The second kappa shape index (κ2) is 5.02. The van der Waals surface area contributed by atoms with E-state index in [0.717, 1.165) is 18.7 Å². The molecule has 5 heteroatoms. The molecule has 1 aliphatic rings. The molecular weight excluding hydrogens is 268 g/mol. The summed E-state index contributed by atoms with van der Waals surface area (Å²) in [5.41, 5.74) is 1.36. The third-order valence-corrected chi connectivity index (χ3v) is 4.95. The third-order valence-electron chi connectivity index (χ3n) is 3.45. The maximum Gasteiger partial charge on any atom is 0.234 e. The van der Waals surface area contributed by atoms with Crippen LogP contribution in [0, 0.1) is 0 Å². The second-order valence-electron chi connectivity index (χ2n) is 4.61. The predicted molar refractivity (Wildman–Crippen MR) is 72.3 cm³/mol. The molecule has 18 heavy (non-hydrogen) atoms. The van der Waals surface area contributed by atoms with Gasteiger partial charge in [-0.15, -0.1) is 22.9 Å². The summed E-state index contributed by atoms with van der Waals surface area (Å²) in [4.78, 5) is 5.94. The Kier molecular flexibility index (Phi) is 3.39. The highest BCUT2D eigenvalue weighted by Gasteiger charge is 2.28. The zero-order chi connectivity index (χ0) is 12.5. The molecule has 0 N–H and O–H groups in total. The Labute approximate surface area is 115 Å². The molecule has 2 aromatic heterocycles. The highest BCUT2D eigenvalue weighted by molar-refractivity contribution is 7.10. The lowest BCUT2D eigenvalue weighted by Gasteiger charge is -2.18. The van der Waals surface area contributed by atoms with Gasteiger partial charge in [-0.1, -0.05) is 12.1 Å². The number of halogens is 1. The Morgan fingerprint density at radius 1 is 1.61 bits per heavy atom. The summed E-state index contributed by atoms with van der Waals surface area (Å²) in [5, 5.41) is 6.01. The van der Waals surface area contributed by atoms with E-state index in [0.29, 0.717) is 5.82 Å². The second-order valence-corrected chi connectivity index (χ2v) is 6.14. The molecule has 1 aliphatic carbocycles. The molecule has 0 amide bonds.